The summed E-state index contributed by atoms with van der Waals surface area (Å²) >= 11 is 3.17. The average molecular weight is 307 g/mol. The average Bonchev–Trinajstić information content (AvgIpc) is 2.98. The van der Waals surface area contributed by atoms with Crippen molar-refractivity contribution in [2.24, 2.45) is 0 Å². The fraction of sp³-hybridized carbons (Fsp3) is 0.214. The number of carbonyl (C=O) groups excluding carboxylic acids is 1. The summed E-state index contributed by atoms with van der Waals surface area (Å²) in [5.74, 6) is 1.77. The fourth-order valence-corrected chi connectivity index (χ4v) is 3.38. The van der Waals surface area contributed by atoms with E-state index < -0.39 is 0 Å². The normalized spacial score (nSPS) is 13.0. The zero-order valence-corrected chi connectivity index (χ0v) is 12.3. The predicted molar refractivity (Wildman–Crippen MR) is 81.1 cm³/mol. The van der Waals surface area contributed by atoms with Gasteiger partial charge in [-0.15, -0.1) is 23.1 Å². The largest absolute Gasteiger partial charge is 0.486 e. The SMILES string of the molecule is O=C(CSc1cccs1)Nc1ccc2c(c1)OCCO2. The van der Waals surface area contributed by atoms with E-state index in [-0.39, 0.29) is 5.91 Å². The second-order valence-electron chi connectivity index (χ2n) is 4.13. The van der Waals surface area contributed by atoms with Crippen LogP contribution in [0, 0.1) is 0 Å². The molecule has 4 nitrogen and oxygen atoms in total. The number of thioether (sulfide) groups is 1. The van der Waals surface area contributed by atoms with E-state index in [1.807, 2.05) is 29.6 Å². The van der Waals surface area contributed by atoms with Gasteiger partial charge in [-0.3, -0.25) is 4.79 Å². The van der Waals surface area contributed by atoms with Crippen molar-refractivity contribution in [1.82, 2.24) is 0 Å². The quantitative estimate of drug-likeness (QED) is 0.881. The zero-order chi connectivity index (χ0) is 13.8. The molecule has 104 valence electrons. The van der Waals surface area contributed by atoms with Gasteiger partial charge in [0.05, 0.1) is 9.96 Å². The summed E-state index contributed by atoms with van der Waals surface area (Å²) in [6.45, 7) is 1.11. The minimum absolute atomic E-state index is 0.0277. The third-order valence-corrected chi connectivity index (χ3v) is 4.80. The van der Waals surface area contributed by atoms with E-state index in [1.54, 1.807) is 17.4 Å². The summed E-state index contributed by atoms with van der Waals surface area (Å²) in [7, 11) is 0. The number of hydrogen-bond donors (Lipinski definition) is 1. The highest BCUT2D eigenvalue weighted by Gasteiger charge is 2.12. The van der Waals surface area contributed by atoms with Gasteiger partial charge in [0.15, 0.2) is 11.5 Å². The number of benzene rings is 1. The summed E-state index contributed by atoms with van der Waals surface area (Å²) in [5, 5.41) is 4.86. The van der Waals surface area contributed by atoms with Crippen LogP contribution in [0.3, 0.4) is 0 Å². The van der Waals surface area contributed by atoms with Crippen LogP contribution in [0.25, 0.3) is 0 Å². The Morgan fingerprint density at radius 3 is 2.90 bits per heavy atom. The standard InChI is InChI=1S/C14H13NO3S2/c16-13(9-20-14-2-1-7-19-14)15-10-3-4-11-12(8-10)18-6-5-17-11/h1-4,7-8H,5-6,9H2,(H,15,16). The van der Waals surface area contributed by atoms with Crippen molar-refractivity contribution in [2.75, 3.05) is 24.3 Å². The van der Waals surface area contributed by atoms with Gasteiger partial charge in [0.1, 0.15) is 13.2 Å². The van der Waals surface area contributed by atoms with Gasteiger partial charge in [-0.05, 0) is 23.6 Å². The van der Waals surface area contributed by atoms with E-state index >= 15 is 0 Å². The monoisotopic (exact) mass is 307 g/mol. The van der Waals surface area contributed by atoms with E-state index in [4.69, 9.17) is 9.47 Å². The first kappa shape index (κ1) is 13.3. The van der Waals surface area contributed by atoms with Crippen molar-refractivity contribution in [1.29, 1.82) is 0 Å². The molecule has 1 amide bonds. The Morgan fingerprint density at radius 1 is 1.25 bits per heavy atom. The molecule has 0 bridgehead atoms. The highest BCUT2D eigenvalue weighted by molar-refractivity contribution is 8.01. The highest BCUT2D eigenvalue weighted by Crippen LogP contribution is 2.32. The molecule has 0 unspecified atom stereocenters. The summed E-state index contributed by atoms with van der Waals surface area (Å²) < 4.78 is 12.1. The number of rotatable bonds is 4. The molecule has 0 aliphatic carbocycles. The Balaban J connectivity index is 1.58. The molecule has 1 aliphatic heterocycles. The van der Waals surface area contributed by atoms with E-state index in [0.29, 0.717) is 24.7 Å². The Hall–Kier alpha value is -1.66. The van der Waals surface area contributed by atoms with Crippen LogP contribution >= 0.6 is 23.1 Å². The lowest BCUT2D eigenvalue weighted by Crippen LogP contribution is -2.17. The molecule has 20 heavy (non-hydrogen) atoms. The molecule has 1 aliphatic rings. The van der Waals surface area contributed by atoms with Gasteiger partial charge < -0.3 is 14.8 Å². The van der Waals surface area contributed by atoms with Crippen LogP contribution in [0.2, 0.25) is 0 Å². The molecule has 0 saturated heterocycles. The summed E-state index contributed by atoms with van der Waals surface area (Å²) in [6, 6.07) is 9.42. The minimum atomic E-state index is -0.0277. The number of ether oxygens (including phenoxy) is 2. The maximum Gasteiger partial charge on any atom is 0.234 e. The predicted octanol–water partition coefficient (Wildman–Crippen LogP) is 3.25. The van der Waals surface area contributed by atoms with E-state index in [9.17, 15) is 4.79 Å². The number of amides is 1. The van der Waals surface area contributed by atoms with Crippen molar-refractivity contribution < 1.29 is 14.3 Å². The molecule has 1 aromatic heterocycles. The van der Waals surface area contributed by atoms with Gasteiger partial charge in [0.25, 0.3) is 0 Å². The molecule has 3 rings (SSSR count). The first-order chi connectivity index (χ1) is 9.81. The van der Waals surface area contributed by atoms with Gasteiger partial charge in [-0.25, -0.2) is 0 Å². The van der Waals surface area contributed by atoms with Gasteiger partial charge in [-0.1, -0.05) is 6.07 Å². The molecular weight excluding hydrogens is 294 g/mol. The lowest BCUT2D eigenvalue weighted by atomic mass is 10.2. The molecule has 0 saturated carbocycles. The topological polar surface area (TPSA) is 47.6 Å². The Labute approximate surface area is 125 Å². The van der Waals surface area contributed by atoms with Crippen molar-refractivity contribution in [3.05, 3.63) is 35.7 Å². The van der Waals surface area contributed by atoms with E-state index in [0.717, 1.165) is 15.6 Å². The van der Waals surface area contributed by atoms with Crippen molar-refractivity contribution in [3.8, 4) is 11.5 Å². The number of thiophene rings is 1. The molecule has 0 spiro atoms. The zero-order valence-electron chi connectivity index (χ0n) is 10.6. The van der Waals surface area contributed by atoms with Crippen LogP contribution in [-0.2, 0) is 4.79 Å². The Kier molecular flexibility index (Phi) is 4.13. The lowest BCUT2D eigenvalue weighted by Gasteiger charge is -2.18. The van der Waals surface area contributed by atoms with E-state index in [2.05, 4.69) is 5.32 Å². The summed E-state index contributed by atoms with van der Waals surface area (Å²) in [6.07, 6.45) is 0. The van der Waals surface area contributed by atoms with Gasteiger partial charge in [0, 0.05) is 11.8 Å². The lowest BCUT2D eigenvalue weighted by molar-refractivity contribution is -0.113. The van der Waals surface area contributed by atoms with Crippen LogP contribution in [0.4, 0.5) is 5.69 Å². The van der Waals surface area contributed by atoms with Crippen LogP contribution in [0.5, 0.6) is 11.5 Å². The first-order valence-electron chi connectivity index (χ1n) is 6.17. The number of anilines is 1. The maximum atomic E-state index is 11.9. The molecule has 2 heterocycles. The second kappa shape index (κ2) is 6.19. The van der Waals surface area contributed by atoms with E-state index in [1.165, 1.54) is 11.8 Å². The molecule has 0 atom stereocenters. The minimum Gasteiger partial charge on any atom is -0.486 e. The van der Waals surface area contributed by atoms with Gasteiger partial charge in [-0.2, -0.15) is 0 Å². The first-order valence-corrected chi connectivity index (χ1v) is 8.03. The van der Waals surface area contributed by atoms with Crippen LogP contribution in [0.1, 0.15) is 0 Å². The van der Waals surface area contributed by atoms with Crippen molar-refractivity contribution >= 4 is 34.7 Å². The van der Waals surface area contributed by atoms with Crippen LogP contribution in [0.15, 0.2) is 39.9 Å². The van der Waals surface area contributed by atoms with Crippen LogP contribution in [-0.4, -0.2) is 24.9 Å². The van der Waals surface area contributed by atoms with Crippen LogP contribution < -0.4 is 14.8 Å². The summed E-state index contributed by atoms with van der Waals surface area (Å²) in [4.78, 5) is 11.9. The van der Waals surface area contributed by atoms with Gasteiger partial charge >= 0.3 is 0 Å². The van der Waals surface area contributed by atoms with Crippen molar-refractivity contribution in [2.45, 2.75) is 4.21 Å². The molecule has 1 N–H and O–H groups in total. The fourth-order valence-electron chi connectivity index (χ4n) is 1.80. The molecule has 6 heteroatoms. The third-order valence-electron chi connectivity index (χ3n) is 2.67. The molecule has 2 aromatic rings. The number of hydrogen-bond acceptors (Lipinski definition) is 5. The third kappa shape index (κ3) is 3.26. The highest BCUT2D eigenvalue weighted by atomic mass is 32.2. The summed E-state index contributed by atoms with van der Waals surface area (Å²) in [5.41, 5.74) is 0.728. The smallest absolute Gasteiger partial charge is 0.234 e. The van der Waals surface area contributed by atoms with Crippen molar-refractivity contribution in [3.63, 3.8) is 0 Å². The second-order valence-corrected chi connectivity index (χ2v) is 6.35. The molecule has 1 aromatic carbocycles. The number of fused-ring (bicyclic) bond motifs is 1. The molecule has 0 radical (unpaired) electrons. The van der Waals surface area contributed by atoms with Gasteiger partial charge in [0.2, 0.25) is 5.91 Å². The molecular formula is C14H13NO3S2. The number of carbonyl (C=O) groups is 1. The molecule has 0 fully saturated rings. The Bertz CT molecular complexity index is 598. The maximum absolute atomic E-state index is 11.9. The Morgan fingerprint density at radius 2 is 2.10 bits per heavy atom. The number of nitrogens with one attached hydrogen (secondary N) is 1.